The number of nitriles is 1. The van der Waals surface area contributed by atoms with E-state index in [-0.39, 0.29) is 5.91 Å². The maximum absolute atomic E-state index is 12.4. The normalized spacial score (nSPS) is 10.7. The van der Waals surface area contributed by atoms with E-state index in [0.717, 1.165) is 22.7 Å². The molecule has 4 nitrogen and oxygen atoms in total. The summed E-state index contributed by atoms with van der Waals surface area (Å²) in [7, 11) is 0. The highest BCUT2D eigenvalue weighted by Gasteiger charge is 2.10. The second-order valence-electron chi connectivity index (χ2n) is 5.19. The van der Waals surface area contributed by atoms with Gasteiger partial charge in [0.2, 0.25) is 5.91 Å². The van der Waals surface area contributed by atoms with Crippen LogP contribution in [0.4, 0.5) is 0 Å². The van der Waals surface area contributed by atoms with Gasteiger partial charge in [0.15, 0.2) is 0 Å². The molecule has 0 spiro atoms. The lowest BCUT2D eigenvalue weighted by Gasteiger charge is -2.20. The molecule has 0 aliphatic carbocycles. The van der Waals surface area contributed by atoms with Gasteiger partial charge in [0.1, 0.15) is 0 Å². The molecule has 0 atom stereocenters. The van der Waals surface area contributed by atoms with Crippen LogP contribution in [0, 0.1) is 18.3 Å². The summed E-state index contributed by atoms with van der Waals surface area (Å²) in [6.45, 7) is 5.22. The number of aromatic nitrogens is 1. The van der Waals surface area contributed by atoms with Crippen LogP contribution in [0.2, 0.25) is 0 Å². The predicted octanol–water partition coefficient (Wildman–Crippen LogP) is 3.78. The molecule has 118 valence electrons. The first-order valence-corrected chi connectivity index (χ1v) is 8.38. The van der Waals surface area contributed by atoms with Crippen molar-refractivity contribution in [3.8, 4) is 6.07 Å². The molecule has 0 bridgehead atoms. The van der Waals surface area contributed by atoms with Gasteiger partial charge >= 0.3 is 0 Å². The van der Waals surface area contributed by atoms with Crippen molar-refractivity contribution < 1.29 is 4.79 Å². The molecule has 0 saturated heterocycles. The summed E-state index contributed by atoms with van der Waals surface area (Å²) in [5, 5.41) is 11.8. The molecule has 0 aliphatic rings. The first-order chi connectivity index (χ1) is 11.1. The van der Waals surface area contributed by atoms with E-state index in [1.807, 2.05) is 31.4 Å². The van der Waals surface area contributed by atoms with E-state index in [9.17, 15) is 4.79 Å². The Morgan fingerprint density at radius 1 is 1.39 bits per heavy atom. The van der Waals surface area contributed by atoms with E-state index in [1.54, 1.807) is 40.5 Å². The van der Waals surface area contributed by atoms with Crippen LogP contribution in [0.5, 0.6) is 0 Å². The maximum Gasteiger partial charge on any atom is 0.246 e. The van der Waals surface area contributed by atoms with Gasteiger partial charge in [-0.25, -0.2) is 4.98 Å². The van der Waals surface area contributed by atoms with Gasteiger partial charge in [-0.3, -0.25) is 4.79 Å². The number of carbonyl (C=O) groups is 1. The number of amides is 1. The van der Waals surface area contributed by atoms with Gasteiger partial charge in [-0.1, -0.05) is 19.1 Å². The van der Waals surface area contributed by atoms with Crippen LogP contribution in [0.1, 0.15) is 35.2 Å². The number of rotatable bonds is 6. The van der Waals surface area contributed by atoms with E-state index in [2.05, 4.69) is 11.1 Å². The summed E-state index contributed by atoms with van der Waals surface area (Å²) in [5.41, 5.74) is 2.46. The summed E-state index contributed by atoms with van der Waals surface area (Å²) in [5.74, 6) is -0.0261. The molecule has 1 amide bonds. The van der Waals surface area contributed by atoms with Crippen LogP contribution < -0.4 is 0 Å². The maximum atomic E-state index is 12.4. The average molecular weight is 325 g/mol. The largest absolute Gasteiger partial charge is 0.335 e. The topological polar surface area (TPSA) is 57.0 Å². The molecule has 1 heterocycles. The van der Waals surface area contributed by atoms with Gasteiger partial charge in [-0.05, 0) is 37.1 Å². The number of aryl methyl sites for hydroxylation is 1. The van der Waals surface area contributed by atoms with Crippen LogP contribution in [0.3, 0.4) is 0 Å². The van der Waals surface area contributed by atoms with Gasteiger partial charge in [0, 0.05) is 24.5 Å². The van der Waals surface area contributed by atoms with Crippen molar-refractivity contribution in [2.24, 2.45) is 0 Å². The fourth-order valence-electron chi connectivity index (χ4n) is 2.16. The Morgan fingerprint density at radius 2 is 2.13 bits per heavy atom. The molecule has 0 fully saturated rings. The van der Waals surface area contributed by atoms with Crippen molar-refractivity contribution in [3.05, 3.63) is 57.6 Å². The Labute approximate surface area is 140 Å². The fourth-order valence-corrected chi connectivity index (χ4v) is 2.74. The second-order valence-corrected chi connectivity index (χ2v) is 6.26. The smallest absolute Gasteiger partial charge is 0.246 e. The Balaban J connectivity index is 2.05. The van der Waals surface area contributed by atoms with Crippen LogP contribution >= 0.6 is 11.3 Å². The van der Waals surface area contributed by atoms with E-state index < -0.39 is 0 Å². The zero-order valence-corrected chi connectivity index (χ0v) is 14.1. The monoisotopic (exact) mass is 325 g/mol. The highest BCUT2D eigenvalue weighted by atomic mass is 32.1. The molecular weight excluding hydrogens is 306 g/mol. The summed E-state index contributed by atoms with van der Waals surface area (Å²) in [6, 6.07) is 9.43. The Bertz CT molecular complexity index is 725. The van der Waals surface area contributed by atoms with Gasteiger partial charge < -0.3 is 4.90 Å². The van der Waals surface area contributed by atoms with Gasteiger partial charge in [0.25, 0.3) is 0 Å². The summed E-state index contributed by atoms with van der Waals surface area (Å²) in [6.07, 6.45) is 4.23. The molecule has 1 aromatic carbocycles. The molecule has 23 heavy (non-hydrogen) atoms. The van der Waals surface area contributed by atoms with Crippen LogP contribution in [0.15, 0.2) is 35.7 Å². The fraction of sp³-hybridized carbons (Fsp3) is 0.278. The van der Waals surface area contributed by atoms with Gasteiger partial charge in [-0.15, -0.1) is 11.3 Å². The molecule has 5 heteroatoms. The minimum Gasteiger partial charge on any atom is -0.335 e. The molecule has 1 aromatic heterocycles. The van der Waals surface area contributed by atoms with Crippen molar-refractivity contribution >= 4 is 23.3 Å². The average Bonchev–Trinajstić information content (AvgIpc) is 2.98. The van der Waals surface area contributed by atoms with Crippen LogP contribution in [-0.2, 0) is 11.3 Å². The highest BCUT2D eigenvalue weighted by Crippen LogP contribution is 2.11. The lowest BCUT2D eigenvalue weighted by molar-refractivity contribution is -0.126. The molecule has 0 radical (unpaired) electrons. The Hall–Kier alpha value is -2.45. The third-order valence-electron chi connectivity index (χ3n) is 3.30. The lowest BCUT2D eigenvalue weighted by Crippen LogP contribution is -2.29. The van der Waals surface area contributed by atoms with Crippen LogP contribution in [0.25, 0.3) is 6.08 Å². The molecule has 0 aliphatic heterocycles. The summed E-state index contributed by atoms with van der Waals surface area (Å²) in [4.78, 5) is 18.5. The van der Waals surface area contributed by atoms with Crippen molar-refractivity contribution in [2.45, 2.75) is 26.8 Å². The van der Waals surface area contributed by atoms with Gasteiger partial charge in [-0.2, -0.15) is 5.26 Å². The second kappa shape index (κ2) is 8.25. The van der Waals surface area contributed by atoms with Crippen molar-refractivity contribution in [1.82, 2.24) is 9.88 Å². The molecule has 2 aromatic rings. The first-order valence-electron chi connectivity index (χ1n) is 7.50. The third kappa shape index (κ3) is 5.04. The van der Waals surface area contributed by atoms with E-state index in [0.29, 0.717) is 18.7 Å². The number of nitrogens with zero attached hydrogens (tertiary/aromatic N) is 3. The zero-order chi connectivity index (χ0) is 16.7. The highest BCUT2D eigenvalue weighted by molar-refractivity contribution is 7.09. The van der Waals surface area contributed by atoms with E-state index in [1.165, 1.54) is 0 Å². The zero-order valence-electron chi connectivity index (χ0n) is 13.3. The molecule has 2 rings (SSSR count). The minimum absolute atomic E-state index is 0.0261. The molecular formula is C18H19N3OS. The quantitative estimate of drug-likeness (QED) is 0.760. The van der Waals surface area contributed by atoms with Crippen molar-refractivity contribution in [1.29, 1.82) is 5.26 Å². The van der Waals surface area contributed by atoms with E-state index >= 15 is 0 Å². The van der Waals surface area contributed by atoms with E-state index in [4.69, 9.17) is 5.26 Å². The molecule has 0 unspecified atom stereocenters. The summed E-state index contributed by atoms with van der Waals surface area (Å²) >= 11 is 1.57. The number of benzene rings is 1. The Kier molecular flexibility index (Phi) is 6.07. The first kappa shape index (κ1) is 16.9. The number of hydrogen-bond acceptors (Lipinski definition) is 4. The summed E-state index contributed by atoms with van der Waals surface area (Å²) < 4.78 is 0. The third-order valence-corrected chi connectivity index (χ3v) is 4.09. The molecule has 0 saturated carbocycles. The predicted molar refractivity (Wildman–Crippen MR) is 92.8 cm³/mol. The van der Waals surface area contributed by atoms with Crippen LogP contribution in [-0.4, -0.2) is 22.3 Å². The minimum atomic E-state index is -0.0261. The van der Waals surface area contributed by atoms with Crippen molar-refractivity contribution in [2.75, 3.05) is 6.54 Å². The standard InChI is InChI=1S/C18H19N3OS/c1-3-10-21(12-16-6-4-15(11-19)5-7-16)18(22)9-8-17-13-23-14(2)20-17/h4-9,13H,3,10,12H2,1-2H3/b9-8+. The molecule has 0 N–H and O–H groups in total. The number of carbonyl (C=O) groups excluding carboxylic acids is 1. The Morgan fingerprint density at radius 3 is 2.70 bits per heavy atom. The van der Waals surface area contributed by atoms with Crippen molar-refractivity contribution in [3.63, 3.8) is 0 Å². The SMILES string of the molecule is CCCN(Cc1ccc(C#N)cc1)C(=O)/C=C/c1csc(C)n1. The number of hydrogen-bond donors (Lipinski definition) is 0. The lowest BCUT2D eigenvalue weighted by atomic mass is 10.1. The van der Waals surface area contributed by atoms with Gasteiger partial charge in [0.05, 0.1) is 22.3 Å². The number of thiazole rings is 1.